The maximum atomic E-state index is 12.9. The van der Waals surface area contributed by atoms with Gasteiger partial charge in [-0.25, -0.2) is 0 Å². The molecular weight excluding hydrogens is 597 g/mol. The van der Waals surface area contributed by atoms with Gasteiger partial charge >= 0.3 is 5.97 Å². The second-order valence-electron chi connectivity index (χ2n) is 17.0. The fraction of sp³-hybridized carbons (Fsp3) is 0.809. The molecule has 0 aromatic carbocycles. The van der Waals surface area contributed by atoms with E-state index in [2.05, 4.69) is 70.2 Å². The Bertz CT molecular complexity index is 1330. The van der Waals surface area contributed by atoms with Gasteiger partial charge in [0.25, 0.3) is 0 Å². The number of allylic oxidation sites excluding steroid dienone is 7. The van der Waals surface area contributed by atoms with Crippen LogP contribution in [-0.2, 0) is 9.53 Å². The fourth-order valence-corrected chi connectivity index (χ4v) is 11.0. The Hall–Kier alpha value is -1.57. The molecule has 2 heteroatoms. The lowest BCUT2D eigenvalue weighted by Gasteiger charge is -2.58. The van der Waals surface area contributed by atoms with Gasteiger partial charge in [-0.15, -0.1) is 0 Å². The van der Waals surface area contributed by atoms with Gasteiger partial charge in [0.1, 0.15) is 6.10 Å². The van der Waals surface area contributed by atoms with Gasteiger partial charge < -0.3 is 4.74 Å². The smallest absolute Gasteiger partial charge is 0.306 e. The number of unbranched alkanes of at least 4 members (excludes halogenated alkanes) is 7. The monoisotopic (exact) mass is 682 g/mol. The zero-order valence-corrected chi connectivity index (χ0v) is 32.1. The predicted octanol–water partition coefficient (Wildman–Crippen LogP) is 14.3. The Balaban J connectivity index is 1.14. The molecule has 0 spiro atoms. The van der Waals surface area contributed by atoms with E-state index in [4.69, 9.17) is 14.3 Å². The number of ether oxygens (including phenoxy) is 1. The Kier molecular flexibility index (Phi) is 12.9. The molecule has 278 valence electrons. The van der Waals surface area contributed by atoms with Crippen LogP contribution in [0.5, 0.6) is 0 Å². The van der Waals surface area contributed by atoms with Gasteiger partial charge in [-0.3, -0.25) is 4.79 Å². The maximum Gasteiger partial charge on any atom is 0.306 e. The van der Waals surface area contributed by atoms with Crippen molar-refractivity contribution in [3.8, 4) is 0 Å². The summed E-state index contributed by atoms with van der Waals surface area (Å²) < 4.78 is 61.3. The summed E-state index contributed by atoms with van der Waals surface area (Å²) in [5.74, 6) is 0.465. The van der Waals surface area contributed by atoms with Gasteiger partial charge in [-0.1, -0.05) is 141 Å². The van der Waals surface area contributed by atoms with Crippen molar-refractivity contribution >= 4 is 5.97 Å². The maximum absolute atomic E-state index is 12.9. The lowest BCUT2D eigenvalue weighted by Crippen LogP contribution is -2.51. The van der Waals surface area contributed by atoms with E-state index in [1.54, 1.807) is 0 Å². The lowest BCUT2D eigenvalue weighted by molar-refractivity contribution is -0.151. The van der Waals surface area contributed by atoms with Gasteiger partial charge in [0, 0.05) is 22.4 Å². The van der Waals surface area contributed by atoms with Crippen LogP contribution in [0.3, 0.4) is 0 Å². The summed E-state index contributed by atoms with van der Waals surface area (Å²) in [5, 5.41) is 0. The molecule has 0 bridgehead atoms. The zero-order chi connectivity index (χ0) is 41.0. The first-order chi connectivity index (χ1) is 26.5. The number of carbonyl (C=O) groups excluding carboxylic acids is 1. The molecule has 2 nitrogen and oxygen atoms in total. The normalized spacial score (nSPS) is 34.9. The van der Waals surface area contributed by atoms with E-state index in [1.807, 2.05) is 0 Å². The molecule has 8 atom stereocenters. The third kappa shape index (κ3) is 11.5. The summed E-state index contributed by atoms with van der Waals surface area (Å²) in [7, 11) is 0. The molecule has 0 aromatic heterocycles. The minimum atomic E-state index is -2.84. The number of hydrogen-bond donors (Lipinski definition) is 0. The van der Waals surface area contributed by atoms with Crippen molar-refractivity contribution in [1.82, 2.24) is 0 Å². The van der Waals surface area contributed by atoms with Crippen molar-refractivity contribution < 1.29 is 19.1 Å². The van der Waals surface area contributed by atoms with Crippen molar-refractivity contribution in [3.05, 3.63) is 48.1 Å². The highest BCUT2D eigenvalue weighted by Gasteiger charge is 2.59. The van der Waals surface area contributed by atoms with Crippen LogP contribution in [0.15, 0.2) is 48.1 Å². The summed E-state index contributed by atoms with van der Waals surface area (Å²) in [6.07, 6.45) is 39.2. The van der Waals surface area contributed by atoms with Crippen LogP contribution >= 0.6 is 0 Å². The molecule has 0 amide bonds. The molecular formula is C47H78O2. The molecule has 0 saturated heterocycles. The number of fused-ring (bicyclic) bond motifs is 5. The van der Waals surface area contributed by atoms with Gasteiger partial charge in [-0.05, 0) is 130 Å². The predicted molar refractivity (Wildman–Crippen MR) is 211 cm³/mol. The third-order valence-electron chi connectivity index (χ3n) is 13.7. The molecule has 0 aromatic rings. The summed E-state index contributed by atoms with van der Waals surface area (Å²) in [4.78, 5) is 12.9. The number of rotatable bonds is 21. The molecule has 4 aliphatic carbocycles. The average molecular weight is 682 g/mol. The largest absolute Gasteiger partial charge is 0.462 e. The number of carbonyl (C=O) groups is 1. The van der Waals surface area contributed by atoms with E-state index in [9.17, 15) is 4.79 Å². The van der Waals surface area contributed by atoms with E-state index in [1.165, 1.54) is 69.8 Å². The van der Waals surface area contributed by atoms with Crippen LogP contribution < -0.4 is 0 Å². The lowest BCUT2D eigenvalue weighted by atomic mass is 9.47. The van der Waals surface area contributed by atoms with E-state index < -0.39 is 19.6 Å². The summed E-state index contributed by atoms with van der Waals surface area (Å²) in [6, 6.07) is 0. The van der Waals surface area contributed by atoms with Crippen molar-refractivity contribution in [1.29, 1.82) is 0 Å². The molecule has 0 unspecified atom stereocenters. The molecule has 4 rings (SSSR count). The zero-order valence-electron chi connectivity index (χ0n) is 39.1. The Morgan fingerprint density at radius 3 is 2.35 bits per heavy atom. The summed E-state index contributed by atoms with van der Waals surface area (Å²) >= 11 is 0. The molecule has 4 aliphatic rings. The topological polar surface area (TPSA) is 26.3 Å². The first-order valence-corrected chi connectivity index (χ1v) is 20.8. The molecule has 0 heterocycles. The van der Waals surface area contributed by atoms with Crippen LogP contribution in [0.2, 0.25) is 0 Å². The third-order valence-corrected chi connectivity index (χ3v) is 13.7. The van der Waals surface area contributed by atoms with Crippen LogP contribution in [0, 0.1) is 46.3 Å². The minimum absolute atomic E-state index is 0.00930. The van der Waals surface area contributed by atoms with Crippen molar-refractivity contribution in [2.75, 3.05) is 0 Å². The Labute approximate surface area is 314 Å². The molecule has 0 radical (unpaired) electrons. The van der Waals surface area contributed by atoms with E-state index in [0.717, 1.165) is 64.2 Å². The fourth-order valence-electron chi connectivity index (χ4n) is 11.0. The minimum Gasteiger partial charge on any atom is -0.462 e. The first-order valence-electron chi connectivity index (χ1n) is 24.3. The highest BCUT2D eigenvalue weighted by Crippen LogP contribution is 2.67. The molecule has 3 saturated carbocycles. The quantitative estimate of drug-likeness (QED) is 0.0685. The summed E-state index contributed by atoms with van der Waals surface area (Å²) in [6.45, 7) is 3.77. The highest BCUT2D eigenvalue weighted by molar-refractivity contribution is 5.69. The van der Waals surface area contributed by atoms with E-state index in [0.29, 0.717) is 42.4 Å². The Morgan fingerprint density at radius 2 is 1.59 bits per heavy atom. The highest BCUT2D eigenvalue weighted by atomic mass is 16.5. The molecule has 3 fully saturated rings. The van der Waals surface area contributed by atoms with Crippen molar-refractivity contribution in [3.63, 3.8) is 0 Å². The first kappa shape index (κ1) is 31.0. The molecule has 49 heavy (non-hydrogen) atoms. The second kappa shape index (κ2) is 20.5. The van der Waals surface area contributed by atoms with Gasteiger partial charge in [0.15, 0.2) is 0 Å². The van der Waals surface area contributed by atoms with Gasteiger partial charge in [0.05, 0.1) is 0 Å². The van der Waals surface area contributed by atoms with Crippen LogP contribution in [0.1, 0.15) is 199 Å². The standard InChI is InChI=1S/C47H78O2/c1-7-8-9-10-11-12-13-14-15-16-17-18-19-20-21-22-23-27-45(48)49-40-32-34-46(5)39(36-40)28-29-41-43-31-30-42(38(4)26-24-25-37(2)3)47(43,6)35-33-44(41)46/h8-9,11-12,14-15,28,37-38,40-44H,7,10,13,16-27,29-36H2,1-6H3/b9-8-,12-11-,15-14-/t38-,40+,41+,42-,43+,44+,46+,47-/m1/s1/i2D3,3D3,37D. The SMILES string of the molecule is [2H]C([2H])([2H])C([2H])(CCC[C@@H](C)[C@H]1CC[C@H]2[C@@H]3CC=C4C[C@@H](OC(=O)CCCCCCCCC/C=C\C/C=C\C/C=C\CC)CC[C@]4(C)[C@H]3CC[C@]12C)C([2H])([2H])[2H]. The van der Waals surface area contributed by atoms with Crippen LogP contribution in [0.25, 0.3) is 0 Å². The Morgan fingerprint density at radius 1 is 0.878 bits per heavy atom. The van der Waals surface area contributed by atoms with Crippen LogP contribution in [-0.4, -0.2) is 12.1 Å². The average Bonchev–Trinajstić information content (AvgIpc) is 3.49. The number of hydrogen-bond acceptors (Lipinski definition) is 2. The summed E-state index contributed by atoms with van der Waals surface area (Å²) in [5.41, 5.74) is 1.94. The van der Waals surface area contributed by atoms with E-state index >= 15 is 0 Å². The van der Waals surface area contributed by atoms with Crippen molar-refractivity contribution in [2.45, 2.75) is 195 Å². The molecule has 0 N–H and O–H groups in total. The van der Waals surface area contributed by atoms with Gasteiger partial charge in [0.2, 0.25) is 0 Å². The second-order valence-corrected chi connectivity index (χ2v) is 17.0. The number of esters is 1. The molecule has 0 aliphatic heterocycles. The van der Waals surface area contributed by atoms with Crippen LogP contribution in [0.4, 0.5) is 0 Å². The van der Waals surface area contributed by atoms with Crippen molar-refractivity contribution in [2.24, 2.45) is 46.3 Å². The van der Waals surface area contributed by atoms with Gasteiger partial charge in [-0.2, -0.15) is 0 Å². The van der Waals surface area contributed by atoms with E-state index in [-0.39, 0.29) is 29.3 Å².